The largest absolute Gasteiger partial charge is 0.394 e. The van der Waals surface area contributed by atoms with E-state index < -0.39 is 12.1 Å². The third-order valence-electron chi connectivity index (χ3n) is 3.07. The number of amides is 1. The monoisotopic (exact) mass is 230 g/mol. The molecule has 0 aliphatic carbocycles. The van der Waals surface area contributed by atoms with Gasteiger partial charge in [-0.3, -0.25) is 4.79 Å². The van der Waals surface area contributed by atoms with E-state index in [1.54, 1.807) is 0 Å². The van der Waals surface area contributed by atoms with Gasteiger partial charge in [0, 0.05) is 6.54 Å². The second-order valence-corrected chi connectivity index (χ2v) is 4.47. The van der Waals surface area contributed by atoms with Crippen LogP contribution >= 0.6 is 0 Å². The van der Waals surface area contributed by atoms with Crippen LogP contribution in [0.4, 0.5) is 0 Å². The van der Waals surface area contributed by atoms with Gasteiger partial charge in [0.25, 0.3) is 0 Å². The minimum atomic E-state index is -0.528. The topological polar surface area (TPSA) is 86.8 Å². The van der Waals surface area contributed by atoms with Crippen molar-refractivity contribution in [1.29, 1.82) is 0 Å². The van der Waals surface area contributed by atoms with Crippen molar-refractivity contribution in [3.8, 4) is 0 Å². The van der Waals surface area contributed by atoms with Gasteiger partial charge in [-0.1, -0.05) is 19.8 Å². The van der Waals surface area contributed by atoms with Crippen molar-refractivity contribution in [3.63, 3.8) is 0 Å². The number of carbonyl (C=O) groups is 1. The number of rotatable bonds is 5. The lowest BCUT2D eigenvalue weighted by molar-refractivity contribution is -0.134. The highest BCUT2D eigenvalue weighted by Gasteiger charge is 2.35. The molecule has 1 aliphatic rings. The molecule has 0 aromatic carbocycles. The summed E-state index contributed by atoms with van der Waals surface area (Å²) in [6, 6.07) is -0.769. The first-order valence-electron chi connectivity index (χ1n) is 5.95. The molecule has 1 heterocycles. The first kappa shape index (κ1) is 13.4. The van der Waals surface area contributed by atoms with E-state index in [1.807, 2.05) is 6.92 Å². The van der Waals surface area contributed by atoms with Crippen LogP contribution in [0.1, 0.15) is 32.6 Å². The first-order valence-corrected chi connectivity index (χ1v) is 5.95. The lowest BCUT2D eigenvalue weighted by Gasteiger charge is -2.25. The van der Waals surface area contributed by atoms with E-state index in [4.69, 9.17) is 10.8 Å². The number of carbonyl (C=O) groups excluding carboxylic acids is 1. The van der Waals surface area contributed by atoms with Crippen LogP contribution in [0.2, 0.25) is 0 Å². The van der Waals surface area contributed by atoms with Gasteiger partial charge in [-0.25, -0.2) is 0 Å². The molecule has 3 unspecified atom stereocenters. The number of nitrogens with zero attached hydrogens (tertiary/aromatic N) is 1. The number of likely N-dealkylation sites (tertiary alicyclic amines) is 1. The molecule has 0 spiro atoms. The lowest BCUT2D eigenvalue weighted by atomic mass is 10.1. The Balaban J connectivity index is 2.51. The van der Waals surface area contributed by atoms with Gasteiger partial charge < -0.3 is 20.8 Å². The van der Waals surface area contributed by atoms with Crippen LogP contribution in [0.15, 0.2) is 0 Å². The van der Waals surface area contributed by atoms with Crippen molar-refractivity contribution in [3.05, 3.63) is 0 Å². The fraction of sp³-hybridized carbons (Fsp3) is 0.909. The van der Waals surface area contributed by atoms with E-state index in [1.165, 1.54) is 4.90 Å². The molecular formula is C11H22N2O3. The fourth-order valence-electron chi connectivity index (χ4n) is 2.10. The number of hydrogen-bond acceptors (Lipinski definition) is 4. The Morgan fingerprint density at radius 2 is 2.31 bits per heavy atom. The van der Waals surface area contributed by atoms with Crippen LogP contribution in [0, 0.1) is 0 Å². The maximum absolute atomic E-state index is 11.9. The molecule has 0 aromatic rings. The van der Waals surface area contributed by atoms with E-state index >= 15 is 0 Å². The van der Waals surface area contributed by atoms with E-state index in [0.29, 0.717) is 19.4 Å². The molecule has 1 amide bonds. The number of aliphatic hydroxyl groups excluding tert-OH is 2. The van der Waals surface area contributed by atoms with E-state index in [0.717, 1.165) is 12.8 Å². The van der Waals surface area contributed by atoms with Crippen molar-refractivity contribution in [2.45, 2.75) is 50.8 Å². The van der Waals surface area contributed by atoms with E-state index in [-0.39, 0.29) is 18.6 Å². The zero-order chi connectivity index (χ0) is 12.1. The van der Waals surface area contributed by atoms with Gasteiger partial charge in [0.2, 0.25) is 5.91 Å². The summed E-state index contributed by atoms with van der Waals surface area (Å²) in [5.74, 6) is -0.149. The van der Waals surface area contributed by atoms with Crippen LogP contribution in [-0.2, 0) is 4.79 Å². The highest BCUT2D eigenvalue weighted by atomic mass is 16.3. The SMILES string of the molecule is CCCCC(N)C(=O)N1CC(O)CC1CO. The quantitative estimate of drug-likeness (QED) is 0.592. The summed E-state index contributed by atoms with van der Waals surface area (Å²) in [6.45, 7) is 2.24. The molecule has 5 heteroatoms. The predicted molar refractivity (Wildman–Crippen MR) is 60.7 cm³/mol. The van der Waals surface area contributed by atoms with E-state index in [9.17, 15) is 9.90 Å². The molecule has 1 aliphatic heterocycles. The van der Waals surface area contributed by atoms with Gasteiger partial charge >= 0.3 is 0 Å². The van der Waals surface area contributed by atoms with Crippen LogP contribution in [-0.4, -0.2) is 52.4 Å². The van der Waals surface area contributed by atoms with Crippen molar-refractivity contribution in [1.82, 2.24) is 4.90 Å². The van der Waals surface area contributed by atoms with Gasteiger partial charge in [-0.05, 0) is 12.8 Å². The maximum Gasteiger partial charge on any atom is 0.239 e. The Morgan fingerprint density at radius 3 is 2.88 bits per heavy atom. The molecule has 94 valence electrons. The van der Waals surface area contributed by atoms with Gasteiger partial charge in [0.1, 0.15) is 0 Å². The van der Waals surface area contributed by atoms with Crippen LogP contribution in [0.25, 0.3) is 0 Å². The third-order valence-corrected chi connectivity index (χ3v) is 3.07. The summed E-state index contributed by atoms with van der Waals surface area (Å²) in [7, 11) is 0. The van der Waals surface area contributed by atoms with Crippen molar-refractivity contribution >= 4 is 5.91 Å². The highest BCUT2D eigenvalue weighted by molar-refractivity contribution is 5.82. The summed E-state index contributed by atoms with van der Waals surface area (Å²) in [5, 5.41) is 18.6. The van der Waals surface area contributed by atoms with Crippen molar-refractivity contribution in [2.75, 3.05) is 13.2 Å². The van der Waals surface area contributed by atoms with Gasteiger partial charge in [-0.2, -0.15) is 0 Å². The molecule has 1 fully saturated rings. The maximum atomic E-state index is 11.9. The van der Waals surface area contributed by atoms with Crippen molar-refractivity contribution < 1.29 is 15.0 Å². The Hall–Kier alpha value is -0.650. The van der Waals surface area contributed by atoms with Gasteiger partial charge in [-0.15, -0.1) is 0 Å². The summed E-state index contributed by atoms with van der Waals surface area (Å²) in [4.78, 5) is 13.5. The molecule has 16 heavy (non-hydrogen) atoms. The molecule has 0 radical (unpaired) electrons. The molecule has 1 rings (SSSR count). The van der Waals surface area contributed by atoms with Crippen LogP contribution in [0.5, 0.6) is 0 Å². The molecule has 5 nitrogen and oxygen atoms in total. The average Bonchev–Trinajstić information content (AvgIpc) is 2.66. The van der Waals surface area contributed by atoms with Gasteiger partial charge in [0.05, 0.1) is 24.8 Å². The van der Waals surface area contributed by atoms with Crippen LogP contribution < -0.4 is 5.73 Å². The highest BCUT2D eigenvalue weighted by Crippen LogP contribution is 2.19. The zero-order valence-corrected chi connectivity index (χ0v) is 9.80. The normalized spacial score (nSPS) is 27.1. The standard InChI is InChI=1S/C11H22N2O3/c1-2-3-4-10(12)11(16)13-6-9(15)5-8(13)7-14/h8-10,14-15H,2-7,12H2,1H3. The summed E-state index contributed by atoms with van der Waals surface area (Å²) in [5.41, 5.74) is 5.79. The van der Waals surface area contributed by atoms with Crippen LogP contribution in [0.3, 0.4) is 0 Å². The van der Waals surface area contributed by atoms with Gasteiger partial charge in [0.15, 0.2) is 0 Å². The molecule has 0 bridgehead atoms. The Bertz CT molecular complexity index is 235. The molecule has 0 saturated carbocycles. The number of nitrogens with two attached hydrogens (primary N) is 1. The minimum Gasteiger partial charge on any atom is -0.394 e. The number of β-amino-alcohol motifs (C(OH)–C–C–N with tert-alkyl or cyclic N) is 1. The number of aliphatic hydroxyl groups is 2. The summed E-state index contributed by atoms with van der Waals surface area (Å²) < 4.78 is 0. The predicted octanol–water partition coefficient (Wildman–Crippen LogP) is -0.542. The average molecular weight is 230 g/mol. The lowest BCUT2D eigenvalue weighted by Crippen LogP contribution is -2.47. The molecule has 0 aromatic heterocycles. The fourth-order valence-corrected chi connectivity index (χ4v) is 2.10. The molecule has 1 saturated heterocycles. The molecule has 3 atom stereocenters. The Morgan fingerprint density at radius 1 is 1.62 bits per heavy atom. The number of hydrogen-bond donors (Lipinski definition) is 3. The minimum absolute atomic E-state index is 0.108. The zero-order valence-electron chi connectivity index (χ0n) is 9.80. The Labute approximate surface area is 96.2 Å². The Kier molecular flexibility index (Phi) is 5.18. The van der Waals surface area contributed by atoms with Crippen molar-refractivity contribution in [2.24, 2.45) is 5.73 Å². The first-order chi connectivity index (χ1) is 7.60. The summed E-state index contributed by atoms with van der Waals surface area (Å²) >= 11 is 0. The summed E-state index contributed by atoms with van der Waals surface area (Å²) in [6.07, 6.45) is 2.52. The molecular weight excluding hydrogens is 208 g/mol. The second-order valence-electron chi connectivity index (χ2n) is 4.47. The second kappa shape index (κ2) is 6.18. The molecule has 4 N–H and O–H groups in total. The van der Waals surface area contributed by atoms with E-state index in [2.05, 4.69) is 0 Å². The third kappa shape index (κ3) is 3.17. The number of unbranched alkanes of at least 4 members (excludes halogenated alkanes) is 1. The smallest absolute Gasteiger partial charge is 0.239 e.